The highest BCUT2D eigenvalue weighted by Gasteiger charge is 2.17. The first-order chi connectivity index (χ1) is 10.1. The SMILES string of the molecule is C=C1Nc2ccc(N3CCN(C)CC3)cc2CS1.CCC. The van der Waals surface area contributed by atoms with Crippen molar-refractivity contribution >= 4 is 23.1 Å². The van der Waals surface area contributed by atoms with Gasteiger partial charge in [0.1, 0.15) is 0 Å². The van der Waals surface area contributed by atoms with E-state index in [0.29, 0.717) is 0 Å². The summed E-state index contributed by atoms with van der Waals surface area (Å²) < 4.78 is 0. The van der Waals surface area contributed by atoms with Crippen LogP contribution in [0.25, 0.3) is 0 Å². The van der Waals surface area contributed by atoms with E-state index in [9.17, 15) is 0 Å². The van der Waals surface area contributed by atoms with Crippen molar-refractivity contribution in [3.63, 3.8) is 0 Å². The lowest BCUT2D eigenvalue weighted by Gasteiger charge is -2.34. The van der Waals surface area contributed by atoms with E-state index in [1.54, 1.807) is 11.8 Å². The zero-order valence-corrected chi connectivity index (χ0v) is 14.3. The van der Waals surface area contributed by atoms with Gasteiger partial charge in [0, 0.05) is 43.3 Å². The first kappa shape index (κ1) is 16.2. The molecule has 2 aliphatic rings. The van der Waals surface area contributed by atoms with Crippen molar-refractivity contribution in [3.8, 4) is 0 Å². The van der Waals surface area contributed by atoms with Crippen LogP contribution >= 0.6 is 11.8 Å². The number of anilines is 2. The monoisotopic (exact) mass is 305 g/mol. The predicted molar refractivity (Wildman–Crippen MR) is 96.2 cm³/mol. The molecule has 1 fully saturated rings. The van der Waals surface area contributed by atoms with Crippen LogP contribution in [0.2, 0.25) is 0 Å². The molecule has 0 radical (unpaired) electrons. The lowest BCUT2D eigenvalue weighted by molar-refractivity contribution is 0.313. The predicted octanol–water partition coefficient (Wildman–Crippen LogP) is 3.98. The van der Waals surface area contributed by atoms with Gasteiger partial charge in [-0.3, -0.25) is 0 Å². The van der Waals surface area contributed by atoms with Gasteiger partial charge in [-0.15, -0.1) is 11.8 Å². The van der Waals surface area contributed by atoms with Gasteiger partial charge in [-0.1, -0.05) is 26.8 Å². The molecule has 0 atom stereocenters. The molecule has 0 amide bonds. The topological polar surface area (TPSA) is 18.5 Å². The van der Waals surface area contributed by atoms with Gasteiger partial charge in [0.25, 0.3) is 0 Å². The van der Waals surface area contributed by atoms with Crippen molar-refractivity contribution in [2.45, 2.75) is 26.0 Å². The lowest BCUT2D eigenvalue weighted by Crippen LogP contribution is -2.44. The van der Waals surface area contributed by atoms with E-state index >= 15 is 0 Å². The molecule has 0 unspecified atom stereocenters. The number of benzene rings is 1. The fourth-order valence-corrected chi connectivity index (χ4v) is 3.18. The molecule has 1 N–H and O–H groups in total. The van der Waals surface area contributed by atoms with Gasteiger partial charge in [-0.05, 0) is 30.8 Å². The van der Waals surface area contributed by atoms with Crippen molar-refractivity contribution in [2.24, 2.45) is 0 Å². The second kappa shape index (κ2) is 7.76. The second-order valence-corrected chi connectivity index (χ2v) is 6.75. The molecule has 1 saturated heterocycles. The quantitative estimate of drug-likeness (QED) is 0.845. The number of likely N-dealkylation sites (N-methyl/N-ethyl adjacent to an activating group) is 1. The largest absolute Gasteiger partial charge is 0.369 e. The van der Waals surface area contributed by atoms with Crippen molar-refractivity contribution in [1.82, 2.24) is 4.90 Å². The van der Waals surface area contributed by atoms with Crippen LogP contribution in [0.15, 0.2) is 29.8 Å². The van der Waals surface area contributed by atoms with Gasteiger partial charge in [0.05, 0.1) is 5.03 Å². The van der Waals surface area contributed by atoms with Crippen LogP contribution in [0.5, 0.6) is 0 Å². The van der Waals surface area contributed by atoms with Crippen LogP contribution in [-0.2, 0) is 5.75 Å². The van der Waals surface area contributed by atoms with E-state index in [4.69, 9.17) is 0 Å². The van der Waals surface area contributed by atoms with Crippen LogP contribution in [0.3, 0.4) is 0 Å². The standard InChI is InChI=1S/C14H19N3S.C3H8/c1-11-15-14-4-3-13(9-12(14)10-18-11)17-7-5-16(2)6-8-17;1-3-2/h3-4,9,15H,1,5-8,10H2,2H3;3H2,1-2H3. The maximum atomic E-state index is 3.97. The van der Waals surface area contributed by atoms with Crippen LogP contribution < -0.4 is 10.2 Å². The first-order valence-corrected chi connectivity index (χ1v) is 8.77. The average Bonchev–Trinajstić information content (AvgIpc) is 2.48. The molecule has 0 spiro atoms. The van der Waals surface area contributed by atoms with Crippen molar-refractivity contribution in [3.05, 3.63) is 35.4 Å². The molecule has 1 aromatic rings. The summed E-state index contributed by atoms with van der Waals surface area (Å²) in [6, 6.07) is 6.74. The number of rotatable bonds is 1. The Hall–Kier alpha value is -1.13. The number of hydrogen-bond acceptors (Lipinski definition) is 4. The van der Waals surface area contributed by atoms with Gasteiger partial charge in [-0.2, -0.15) is 0 Å². The van der Waals surface area contributed by atoms with Gasteiger partial charge >= 0.3 is 0 Å². The van der Waals surface area contributed by atoms with E-state index in [0.717, 1.165) is 37.0 Å². The smallest absolute Gasteiger partial charge is 0.0655 e. The summed E-state index contributed by atoms with van der Waals surface area (Å²) in [6.45, 7) is 12.8. The summed E-state index contributed by atoms with van der Waals surface area (Å²) in [5.41, 5.74) is 3.97. The summed E-state index contributed by atoms with van der Waals surface area (Å²) in [5, 5.41) is 4.39. The molecule has 116 valence electrons. The third-order valence-corrected chi connectivity index (χ3v) is 4.54. The summed E-state index contributed by atoms with van der Waals surface area (Å²) in [7, 11) is 2.19. The minimum absolute atomic E-state index is 1.03. The van der Waals surface area contributed by atoms with E-state index in [1.807, 2.05) is 0 Å². The highest BCUT2D eigenvalue weighted by atomic mass is 32.2. The summed E-state index contributed by atoms with van der Waals surface area (Å²) >= 11 is 1.78. The van der Waals surface area contributed by atoms with Crippen LogP contribution in [0.4, 0.5) is 11.4 Å². The summed E-state index contributed by atoms with van der Waals surface area (Å²) in [4.78, 5) is 4.87. The van der Waals surface area contributed by atoms with E-state index in [1.165, 1.54) is 23.4 Å². The molecule has 0 saturated carbocycles. The highest BCUT2D eigenvalue weighted by molar-refractivity contribution is 8.02. The van der Waals surface area contributed by atoms with E-state index in [-0.39, 0.29) is 0 Å². The van der Waals surface area contributed by atoms with E-state index < -0.39 is 0 Å². The highest BCUT2D eigenvalue weighted by Crippen LogP contribution is 2.35. The normalized spacial score (nSPS) is 18.4. The third-order valence-electron chi connectivity index (χ3n) is 3.63. The lowest BCUT2D eigenvalue weighted by atomic mass is 10.1. The van der Waals surface area contributed by atoms with Crippen molar-refractivity contribution in [1.29, 1.82) is 0 Å². The molecule has 3 nitrogen and oxygen atoms in total. The number of fused-ring (bicyclic) bond motifs is 1. The molecule has 3 rings (SSSR count). The molecule has 21 heavy (non-hydrogen) atoms. The Morgan fingerprint density at radius 3 is 2.52 bits per heavy atom. The Labute approximate surface area is 133 Å². The van der Waals surface area contributed by atoms with Crippen LogP contribution in [0.1, 0.15) is 25.8 Å². The number of nitrogens with zero attached hydrogens (tertiary/aromatic N) is 2. The number of thioether (sulfide) groups is 1. The molecule has 0 aromatic heterocycles. The number of piperazine rings is 1. The molecule has 1 aromatic carbocycles. The van der Waals surface area contributed by atoms with Crippen LogP contribution in [0, 0.1) is 0 Å². The Morgan fingerprint density at radius 1 is 1.19 bits per heavy atom. The first-order valence-electron chi connectivity index (χ1n) is 7.79. The van der Waals surface area contributed by atoms with Crippen LogP contribution in [-0.4, -0.2) is 38.1 Å². The molecule has 2 heterocycles. The Kier molecular flexibility index (Phi) is 6.00. The Morgan fingerprint density at radius 2 is 1.86 bits per heavy atom. The maximum Gasteiger partial charge on any atom is 0.0655 e. The fourth-order valence-electron chi connectivity index (χ4n) is 2.43. The number of nitrogens with one attached hydrogen (secondary N) is 1. The third kappa shape index (κ3) is 4.42. The molecule has 0 bridgehead atoms. The van der Waals surface area contributed by atoms with Crippen molar-refractivity contribution < 1.29 is 0 Å². The van der Waals surface area contributed by atoms with E-state index in [2.05, 4.69) is 60.8 Å². The van der Waals surface area contributed by atoms with Gasteiger partial charge in [0.15, 0.2) is 0 Å². The van der Waals surface area contributed by atoms with Crippen molar-refractivity contribution in [2.75, 3.05) is 43.4 Å². The van der Waals surface area contributed by atoms with Gasteiger partial charge < -0.3 is 15.1 Å². The fraction of sp³-hybridized carbons (Fsp3) is 0.529. The molecular weight excluding hydrogens is 278 g/mol. The summed E-state index contributed by atoms with van der Waals surface area (Å²) in [6.07, 6.45) is 1.25. The minimum Gasteiger partial charge on any atom is -0.369 e. The van der Waals surface area contributed by atoms with Gasteiger partial charge in [0.2, 0.25) is 0 Å². The maximum absolute atomic E-state index is 3.97. The average molecular weight is 305 g/mol. The number of hydrogen-bond donors (Lipinski definition) is 1. The van der Waals surface area contributed by atoms with Gasteiger partial charge in [-0.25, -0.2) is 0 Å². The zero-order valence-electron chi connectivity index (χ0n) is 13.5. The zero-order chi connectivity index (χ0) is 15.2. The second-order valence-electron chi connectivity index (χ2n) is 5.68. The minimum atomic E-state index is 1.03. The molecule has 2 aliphatic heterocycles. The Balaban J connectivity index is 0.000000497. The molecule has 4 heteroatoms. The molecular formula is C17H27N3S. The summed E-state index contributed by atoms with van der Waals surface area (Å²) in [5.74, 6) is 1.03. The Bertz CT molecular complexity index is 479. The molecule has 0 aliphatic carbocycles.